The Morgan fingerprint density at radius 3 is 2.20 bits per heavy atom. The van der Waals surface area contributed by atoms with E-state index in [1.807, 2.05) is 20.8 Å². The predicted octanol–water partition coefficient (Wildman–Crippen LogP) is 2.97. The van der Waals surface area contributed by atoms with Crippen molar-refractivity contribution in [1.82, 2.24) is 0 Å². The van der Waals surface area contributed by atoms with Crippen LogP contribution in [0.5, 0.6) is 11.5 Å². The van der Waals surface area contributed by atoms with Gasteiger partial charge in [-0.25, -0.2) is 0 Å². The molecule has 0 aliphatic heterocycles. The van der Waals surface area contributed by atoms with Crippen molar-refractivity contribution < 1.29 is 15.0 Å². The standard InChI is InChI=1S/C11H13IO3/c1-11(2,3)7-4-6(10(12)15)5-8(13)9(7)14/h4-5,13-14H,1-3H3. The lowest BCUT2D eigenvalue weighted by molar-refractivity contribution is 0.110. The van der Waals surface area contributed by atoms with Crippen LogP contribution in [0.15, 0.2) is 12.1 Å². The Kier molecular flexibility index (Phi) is 3.28. The van der Waals surface area contributed by atoms with E-state index in [1.54, 1.807) is 28.7 Å². The maximum absolute atomic E-state index is 11.2. The zero-order chi connectivity index (χ0) is 11.8. The largest absolute Gasteiger partial charge is 0.504 e. The summed E-state index contributed by atoms with van der Waals surface area (Å²) in [6, 6.07) is 2.89. The third-order valence-corrected chi connectivity index (χ3v) is 2.75. The number of halogens is 1. The Balaban J connectivity index is 3.45. The molecule has 4 heteroatoms. The minimum Gasteiger partial charge on any atom is -0.504 e. The Labute approximate surface area is 102 Å². The second-order valence-corrected chi connectivity index (χ2v) is 5.40. The molecule has 0 amide bonds. The minimum atomic E-state index is -0.316. The summed E-state index contributed by atoms with van der Waals surface area (Å²) in [4.78, 5) is 11.2. The predicted molar refractivity (Wildman–Crippen MR) is 66.8 cm³/mol. The van der Waals surface area contributed by atoms with Crippen LogP contribution in [0.3, 0.4) is 0 Å². The summed E-state index contributed by atoms with van der Waals surface area (Å²) < 4.78 is -0.159. The Bertz CT molecular complexity index is 405. The van der Waals surface area contributed by atoms with Crippen molar-refractivity contribution in [3.05, 3.63) is 23.3 Å². The molecule has 1 rings (SSSR count). The highest BCUT2D eigenvalue weighted by atomic mass is 127. The highest BCUT2D eigenvalue weighted by molar-refractivity contribution is 14.1. The summed E-state index contributed by atoms with van der Waals surface area (Å²) in [7, 11) is 0. The molecule has 0 saturated heterocycles. The maximum atomic E-state index is 11.2. The molecule has 82 valence electrons. The van der Waals surface area contributed by atoms with Crippen molar-refractivity contribution in [3.8, 4) is 11.5 Å². The molecular formula is C11H13IO3. The minimum absolute atomic E-state index is 0.149. The number of phenols is 2. The van der Waals surface area contributed by atoms with Crippen molar-refractivity contribution in [3.63, 3.8) is 0 Å². The van der Waals surface area contributed by atoms with Crippen LogP contribution < -0.4 is 0 Å². The molecule has 1 aromatic rings. The van der Waals surface area contributed by atoms with Crippen molar-refractivity contribution >= 4 is 26.4 Å². The van der Waals surface area contributed by atoms with Crippen molar-refractivity contribution in [2.45, 2.75) is 26.2 Å². The third-order valence-electron chi connectivity index (χ3n) is 2.12. The fourth-order valence-corrected chi connectivity index (χ4v) is 1.62. The van der Waals surface area contributed by atoms with Crippen molar-refractivity contribution in [2.75, 3.05) is 0 Å². The highest BCUT2D eigenvalue weighted by Crippen LogP contribution is 2.38. The van der Waals surface area contributed by atoms with Gasteiger partial charge in [0, 0.05) is 33.7 Å². The van der Waals surface area contributed by atoms with E-state index >= 15 is 0 Å². The molecule has 0 fully saturated rings. The van der Waals surface area contributed by atoms with E-state index < -0.39 is 0 Å². The zero-order valence-electron chi connectivity index (χ0n) is 8.84. The van der Waals surface area contributed by atoms with Crippen LogP contribution in [-0.2, 0) is 5.41 Å². The molecular weight excluding hydrogens is 307 g/mol. The smallest absolute Gasteiger partial charge is 0.222 e. The third kappa shape index (κ3) is 2.62. The molecule has 15 heavy (non-hydrogen) atoms. The molecule has 1 aromatic carbocycles. The van der Waals surface area contributed by atoms with E-state index in [0.717, 1.165) is 0 Å². The van der Waals surface area contributed by atoms with E-state index in [2.05, 4.69) is 0 Å². The monoisotopic (exact) mass is 320 g/mol. The summed E-state index contributed by atoms with van der Waals surface area (Å²) in [5.41, 5.74) is 0.655. The zero-order valence-corrected chi connectivity index (χ0v) is 11.0. The highest BCUT2D eigenvalue weighted by Gasteiger charge is 2.22. The van der Waals surface area contributed by atoms with Gasteiger partial charge in [0.25, 0.3) is 0 Å². The van der Waals surface area contributed by atoms with Crippen LogP contribution >= 0.6 is 22.6 Å². The number of aromatic hydroxyl groups is 2. The van der Waals surface area contributed by atoms with Crippen molar-refractivity contribution in [1.29, 1.82) is 0 Å². The summed E-state index contributed by atoms with van der Waals surface area (Å²) in [5.74, 6) is -0.397. The van der Waals surface area contributed by atoms with E-state index in [4.69, 9.17) is 0 Å². The molecule has 0 aliphatic rings. The molecule has 3 nitrogen and oxygen atoms in total. The number of rotatable bonds is 1. The maximum Gasteiger partial charge on any atom is 0.222 e. The lowest BCUT2D eigenvalue weighted by Gasteiger charge is -2.21. The van der Waals surface area contributed by atoms with Crippen LogP contribution in [0.4, 0.5) is 0 Å². The first-order valence-electron chi connectivity index (χ1n) is 4.50. The van der Waals surface area contributed by atoms with Crippen LogP contribution in [0.25, 0.3) is 0 Å². The number of carbonyl (C=O) groups is 1. The summed E-state index contributed by atoms with van der Waals surface area (Å²) in [6.07, 6.45) is 0. The molecule has 0 aliphatic carbocycles. The second-order valence-electron chi connectivity index (χ2n) is 4.42. The van der Waals surface area contributed by atoms with Gasteiger partial charge in [0.15, 0.2) is 11.5 Å². The summed E-state index contributed by atoms with van der Waals surface area (Å²) in [5, 5.41) is 19.2. The van der Waals surface area contributed by atoms with E-state index in [1.165, 1.54) is 6.07 Å². The molecule has 0 radical (unpaired) electrons. The van der Waals surface area contributed by atoms with Gasteiger partial charge < -0.3 is 10.2 Å². The molecule has 0 aromatic heterocycles. The molecule has 2 N–H and O–H groups in total. The molecule has 0 spiro atoms. The fourth-order valence-electron chi connectivity index (χ4n) is 1.30. The van der Waals surface area contributed by atoms with Gasteiger partial charge in [-0.3, -0.25) is 4.79 Å². The van der Waals surface area contributed by atoms with E-state index in [0.29, 0.717) is 11.1 Å². The number of carbonyl (C=O) groups excluding carboxylic acids is 1. The number of hydrogen-bond acceptors (Lipinski definition) is 3. The molecule has 0 atom stereocenters. The van der Waals surface area contributed by atoms with Gasteiger partial charge >= 0.3 is 0 Å². The molecule has 0 heterocycles. The van der Waals surface area contributed by atoms with Gasteiger partial charge in [0.05, 0.1) is 0 Å². The van der Waals surface area contributed by atoms with Crippen LogP contribution in [0.1, 0.15) is 36.7 Å². The number of benzene rings is 1. The first-order valence-corrected chi connectivity index (χ1v) is 5.57. The topological polar surface area (TPSA) is 57.5 Å². The average Bonchev–Trinajstić information content (AvgIpc) is 2.06. The van der Waals surface area contributed by atoms with Crippen LogP contribution in [0, 0.1) is 0 Å². The molecule has 0 unspecified atom stereocenters. The lowest BCUT2D eigenvalue weighted by Crippen LogP contribution is -2.12. The number of hydrogen-bond donors (Lipinski definition) is 2. The summed E-state index contributed by atoms with van der Waals surface area (Å²) >= 11 is 1.65. The normalized spacial score (nSPS) is 11.5. The first-order chi connectivity index (χ1) is 6.73. The Morgan fingerprint density at radius 2 is 1.80 bits per heavy atom. The van der Waals surface area contributed by atoms with E-state index in [-0.39, 0.29) is 20.7 Å². The SMILES string of the molecule is CC(C)(C)c1cc(C(=O)I)cc(O)c1O. The molecule has 0 bridgehead atoms. The lowest BCUT2D eigenvalue weighted by atomic mass is 9.85. The quantitative estimate of drug-likeness (QED) is 0.475. The average molecular weight is 320 g/mol. The van der Waals surface area contributed by atoms with Gasteiger partial charge in [-0.1, -0.05) is 20.8 Å². The van der Waals surface area contributed by atoms with Gasteiger partial charge in [-0.05, 0) is 17.5 Å². The fraction of sp³-hybridized carbons (Fsp3) is 0.364. The van der Waals surface area contributed by atoms with Crippen LogP contribution in [-0.4, -0.2) is 14.0 Å². The van der Waals surface area contributed by atoms with E-state index in [9.17, 15) is 15.0 Å². The van der Waals surface area contributed by atoms with Crippen molar-refractivity contribution in [2.24, 2.45) is 0 Å². The van der Waals surface area contributed by atoms with Crippen LogP contribution in [0.2, 0.25) is 0 Å². The van der Waals surface area contributed by atoms with Gasteiger partial charge in [-0.2, -0.15) is 0 Å². The first kappa shape index (κ1) is 12.3. The summed E-state index contributed by atoms with van der Waals surface area (Å²) in [6.45, 7) is 5.72. The second kappa shape index (κ2) is 4.00. The Morgan fingerprint density at radius 1 is 1.27 bits per heavy atom. The molecule has 0 saturated carbocycles. The van der Waals surface area contributed by atoms with Gasteiger partial charge in [-0.15, -0.1) is 0 Å². The Hall–Kier alpha value is -0.780. The number of phenolic OH excluding ortho intramolecular Hbond substituents is 2. The van der Waals surface area contributed by atoms with Gasteiger partial charge in [0.1, 0.15) is 0 Å². The van der Waals surface area contributed by atoms with Gasteiger partial charge in [0.2, 0.25) is 3.79 Å².